The maximum Gasteiger partial charge on any atom is 0.416 e. The van der Waals surface area contributed by atoms with Gasteiger partial charge in [-0.15, -0.1) is 0 Å². The number of nitrogens with zero attached hydrogens (tertiary/aromatic N) is 3. The minimum atomic E-state index is -4.45. The predicted octanol–water partition coefficient (Wildman–Crippen LogP) is 4.13. The molecule has 0 fully saturated rings. The Morgan fingerprint density at radius 3 is 2.30 bits per heavy atom. The summed E-state index contributed by atoms with van der Waals surface area (Å²) in [5.41, 5.74) is 0.226. The first kappa shape index (κ1) is 18.2. The third-order valence-electron chi connectivity index (χ3n) is 3.74. The van der Waals surface area contributed by atoms with Gasteiger partial charge in [-0.3, -0.25) is 10.2 Å². The van der Waals surface area contributed by atoms with Crippen molar-refractivity contribution in [2.75, 3.05) is 17.3 Å². The second-order valence-electron chi connectivity index (χ2n) is 5.54. The number of amides is 2. The first-order chi connectivity index (χ1) is 12.8. The van der Waals surface area contributed by atoms with Crippen LogP contribution in [0, 0.1) is 0 Å². The van der Waals surface area contributed by atoms with Crippen molar-refractivity contribution in [2.45, 2.75) is 6.18 Å². The van der Waals surface area contributed by atoms with Crippen LogP contribution in [0.3, 0.4) is 0 Å². The molecule has 3 rings (SSSR count). The van der Waals surface area contributed by atoms with Gasteiger partial charge >= 0.3 is 12.2 Å². The Bertz CT molecular complexity index is 937. The van der Waals surface area contributed by atoms with Gasteiger partial charge in [0.1, 0.15) is 5.75 Å². The lowest BCUT2D eigenvalue weighted by Crippen LogP contribution is -2.31. The quantitative estimate of drug-likeness (QED) is 0.715. The zero-order valence-electron chi connectivity index (χ0n) is 13.9. The molecule has 0 bridgehead atoms. The number of aromatic nitrogens is 2. The lowest BCUT2D eigenvalue weighted by molar-refractivity contribution is -0.137. The SMILES string of the molecule is CN(C(=O)Nc1nonc1-c1ccc(O)cc1)c1ccc(C(F)(F)F)cc1. The molecule has 7 nitrogen and oxygen atoms in total. The predicted molar refractivity (Wildman–Crippen MR) is 90.3 cm³/mol. The third-order valence-corrected chi connectivity index (χ3v) is 3.74. The fourth-order valence-corrected chi connectivity index (χ4v) is 2.26. The number of alkyl halides is 3. The standard InChI is InChI=1S/C17H13F3N4O3/c1-24(12-6-4-11(5-7-12)17(18,19)20)16(26)21-15-14(22-27-23-15)10-2-8-13(25)9-3-10/h2-9,25H,1H3,(H,21,23,26). The van der Waals surface area contributed by atoms with E-state index in [9.17, 15) is 23.1 Å². The second kappa shape index (κ2) is 6.98. The molecule has 1 heterocycles. The number of benzene rings is 2. The first-order valence-corrected chi connectivity index (χ1v) is 7.59. The molecule has 27 heavy (non-hydrogen) atoms. The monoisotopic (exact) mass is 378 g/mol. The number of urea groups is 1. The molecule has 3 aromatic rings. The van der Waals surface area contributed by atoms with Gasteiger partial charge in [-0.25, -0.2) is 9.42 Å². The van der Waals surface area contributed by atoms with Crippen LogP contribution in [0.25, 0.3) is 11.3 Å². The van der Waals surface area contributed by atoms with Gasteiger partial charge in [0.25, 0.3) is 0 Å². The van der Waals surface area contributed by atoms with Crippen molar-refractivity contribution in [2.24, 2.45) is 0 Å². The van der Waals surface area contributed by atoms with Crippen molar-refractivity contribution in [3.63, 3.8) is 0 Å². The van der Waals surface area contributed by atoms with Gasteiger partial charge in [0, 0.05) is 18.3 Å². The van der Waals surface area contributed by atoms with Gasteiger partial charge in [0.2, 0.25) is 5.82 Å². The molecule has 0 aliphatic rings. The second-order valence-corrected chi connectivity index (χ2v) is 5.54. The highest BCUT2D eigenvalue weighted by atomic mass is 19.4. The van der Waals surface area contributed by atoms with Crippen LogP contribution in [0.2, 0.25) is 0 Å². The van der Waals surface area contributed by atoms with E-state index in [2.05, 4.69) is 20.3 Å². The summed E-state index contributed by atoms with van der Waals surface area (Å²) in [6.45, 7) is 0. The highest BCUT2D eigenvalue weighted by molar-refractivity contribution is 6.02. The lowest BCUT2D eigenvalue weighted by atomic mass is 10.1. The molecule has 0 atom stereocenters. The van der Waals surface area contributed by atoms with E-state index < -0.39 is 17.8 Å². The van der Waals surface area contributed by atoms with Gasteiger partial charge in [-0.05, 0) is 58.8 Å². The van der Waals surface area contributed by atoms with Crippen molar-refractivity contribution < 1.29 is 27.7 Å². The summed E-state index contributed by atoms with van der Waals surface area (Å²) in [6, 6.07) is 9.49. The van der Waals surface area contributed by atoms with E-state index >= 15 is 0 Å². The van der Waals surface area contributed by atoms with Crippen LogP contribution in [0.15, 0.2) is 53.2 Å². The van der Waals surface area contributed by atoms with Crippen LogP contribution in [-0.4, -0.2) is 28.5 Å². The molecule has 2 N–H and O–H groups in total. The maximum absolute atomic E-state index is 12.6. The Hall–Kier alpha value is -3.56. The van der Waals surface area contributed by atoms with Crippen molar-refractivity contribution >= 4 is 17.5 Å². The summed E-state index contributed by atoms with van der Waals surface area (Å²) in [7, 11) is 1.39. The van der Waals surface area contributed by atoms with Crippen LogP contribution >= 0.6 is 0 Å². The summed E-state index contributed by atoms with van der Waals surface area (Å²) >= 11 is 0. The molecule has 0 saturated heterocycles. The number of hydrogen-bond acceptors (Lipinski definition) is 5. The number of rotatable bonds is 3. The normalized spacial score (nSPS) is 11.3. The summed E-state index contributed by atoms with van der Waals surface area (Å²) < 4.78 is 42.5. The average molecular weight is 378 g/mol. The van der Waals surface area contributed by atoms with Gasteiger partial charge in [0.05, 0.1) is 5.56 Å². The topological polar surface area (TPSA) is 91.5 Å². The summed E-state index contributed by atoms with van der Waals surface area (Å²) in [6.07, 6.45) is -4.45. The van der Waals surface area contributed by atoms with Gasteiger partial charge in [-0.1, -0.05) is 0 Å². The van der Waals surface area contributed by atoms with Gasteiger partial charge < -0.3 is 5.11 Å². The minimum Gasteiger partial charge on any atom is -0.508 e. The zero-order chi connectivity index (χ0) is 19.6. The van der Waals surface area contributed by atoms with Crippen LogP contribution in [-0.2, 0) is 6.18 Å². The molecule has 0 saturated carbocycles. The number of phenols is 1. The number of hydrogen-bond donors (Lipinski definition) is 2. The van der Waals surface area contributed by atoms with Crippen LogP contribution in [0.4, 0.5) is 29.5 Å². The summed E-state index contributed by atoms with van der Waals surface area (Å²) in [5, 5.41) is 19.1. The van der Waals surface area contributed by atoms with Gasteiger partial charge in [0.15, 0.2) is 5.69 Å². The van der Waals surface area contributed by atoms with Crippen molar-refractivity contribution in [3.05, 3.63) is 54.1 Å². The number of aromatic hydroxyl groups is 1. The highest BCUT2D eigenvalue weighted by Gasteiger charge is 2.30. The fourth-order valence-electron chi connectivity index (χ4n) is 2.26. The van der Waals surface area contributed by atoms with E-state index in [4.69, 9.17) is 0 Å². The number of nitrogens with one attached hydrogen (secondary N) is 1. The molecule has 1 aromatic heterocycles. The maximum atomic E-state index is 12.6. The zero-order valence-corrected chi connectivity index (χ0v) is 13.9. The van der Waals surface area contributed by atoms with E-state index in [-0.39, 0.29) is 22.9 Å². The van der Waals surface area contributed by atoms with Crippen molar-refractivity contribution in [1.29, 1.82) is 0 Å². The number of carbonyl (C=O) groups is 1. The van der Waals surface area contributed by atoms with E-state index in [0.717, 1.165) is 17.0 Å². The molecular formula is C17H13F3N4O3. The van der Waals surface area contributed by atoms with E-state index in [0.29, 0.717) is 5.56 Å². The molecule has 0 radical (unpaired) electrons. The summed E-state index contributed by atoms with van der Waals surface area (Å²) in [4.78, 5) is 13.5. The fraction of sp³-hybridized carbons (Fsp3) is 0.118. The van der Waals surface area contributed by atoms with E-state index in [1.807, 2.05) is 0 Å². The largest absolute Gasteiger partial charge is 0.508 e. The van der Waals surface area contributed by atoms with E-state index in [1.165, 1.54) is 31.3 Å². The Morgan fingerprint density at radius 1 is 1.07 bits per heavy atom. The van der Waals surface area contributed by atoms with Crippen LogP contribution in [0.1, 0.15) is 5.56 Å². The molecule has 0 aliphatic carbocycles. The molecule has 0 spiro atoms. The molecule has 2 aromatic carbocycles. The Labute approximate surface area is 151 Å². The molecule has 10 heteroatoms. The third kappa shape index (κ3) is 4.00. The Balaban J connectivity index is 1.76. The smallest absolute Gasteiger partial charge is 0.416 e. The molecular weight excluding hydrogens is 365 g/mol. The Morgan fingerprint density at radius 2 is 1.70 bits per heavy atom. The van der Waals surface area contributed by atoms with Crippen LogP contribution < -0.4 is 10.2 Å². The van der Waals surface area contributed by atoms with Gasteiger partial charge in [-0.2, -0.15) is 13.2 Å². The first-order valence-electron chi connectivity index (χ1n) is 7.59. The molecule has 140 valence electrons. The Kier molecular flexibility index (Phi) is 4.72. The van der Waals surface area contributed by atoms with E-state index in [1.54, 1.807) is 12.1 Å². The average Bonchev–Trinajstić information content (AvgIpc) is 3.09. The van der Waals surface area contributed by atoms with Crippen LogP contribution in [0.5, 0.6) is 5.75 Å². The highest BCUT2D eigenvalue weighted by Crippen LogP contribution is 2.31. The lowest BCUT2D eigenvalue weighted by Gasteiger charge is -2.18. The van der Waals surface area contributed by atoms with Crippen molar-refractivity contribution in [1.82, 2.24) is 10.3 Å². The number of halogens is 3. The number of anilines is 2. The molecule has 2 amide bonds. The summed E-state index contributed by atoms with van der Waals surface area (Å²) in [5.74, 6) is 0.0901. The number of phenolic OH excluding ortho intramolecular Hbond substituents is 1. The molecule has 0 aliphatic heterocycles. The minimum absolute atomic E-state index is 0.0319. The van der Waals surface area contributed by atoms with Crippen molar-refractivity contribution in [3.8, 4) is 17.0 Å². The number of carbonyl (C=O) groups excluding carboxylic acids is 1. The molecule has 0 unspecified atom stereocenters.